The molecule has 6 N–H and O–H groups in total. The number of nitrogens with zero attached hydrogens (tertiary/aromatic N) is 3. The molecule has 0 aromatic carbocycles. The summed E-state index contributed by atoms with van der Waals surface area (Å²) in [5, 5.41) is 32.9. The van der Waals surface area contributed by atoms with Crippen LogP contribution in [0.3, 0.4) is 0 Å². The van der Waals surface area contributed by atoms with Gasteiger partial charge in [0.1, 0.15) is 16.8 Å². The number of carboxylic acid groups (broad SMARTS) is 2. The molecule has 0 saturated heterocycles. The third-order valence-corrected chi connectivity index (χ3v) is 5.05. The maximum atomic E-state index is 12.3. The van der Waals surface area contributed by atoms with Crippen LogP contribution >= 0.6 is 23.1 Å². The van der Waals surface area contributed by atoms with Crippen molar-refractivity contribution in [3.63, 3.8) is 0 Å². The molecule has 0 spiro atoms. The fourth-order valence-corrected chi connectivity index (χ4v) is 3.57. The van der Waals surface area contributed by atoms with Crippen LogP contribution in [0.2, 0.25) is 0 Å². The highest BCUT2D eigenvalue weighted by Crippen LogP contribution is 2.26. The van der Waals surface area contributed by atoms with Crippen LogP contribution in [0.15, 0.2) is 27.7 Å². The predicted octanol–water partition coefficient (Wildman–Crippen LogP) is -0.372. The van der Waals surface area contributed by atoms with Gasteiger partial charge in [-0.15, -0.1) is 23.1 Å². The van der Waals surface area contributed by atoms with Crippen LogP contribution in [-0.2, 0) is 14.4 Å². The number of aliphatic carboxylic acids is 2. The van der Waals surface area contributed by atoms with E-state index in [2.05, 4.69) is 27.0 Å². The molecule has 0 bridgehead atoms. The molecule has 2 heterocycles. The van der Waals surface area contributed by atoms with E-state index in [0.29, 0.717) is 0 Å². The first-order valence-corrected chi connectivity index (χ1v) is 8.75. The van der Waals surface area contributed by atoms with Crippen molar-refractivity contribution < 1.29 is 29.8 Å². The number of rotatable bonds is 6. The number of oxime groups is 1. The van der Waals surface area contributed by atoms with Crippen molar-refractivity contribution in [2.45, 2.75) is 11.4 Å². The van der Waals surface area contributed by atoms with E-state index in [1.54, 1.807) is 0 Å². The van der Waals surface area contributed by atoms with Crippen molar-refractivity contribution in [1.82, 2.24) is 10.3 Å². The molecule has 1 amide bonds. The van der Waals surface area contributed by atoms with E-state index < -0.39 is 35.0 Å². The van der Waals surface area contributed by atoms with Gasteiger partial charge in [-0.25, -0.2) is 14.6 Å². The quantitative estimate of drug-likeness (QED) is 0.241. The van der Waals surface area contributed by atoms with Gasteiger partial charge in [0.2, 0.25) is 0 Å². The third-order valence-electron chi connectivity index (χ3n) is 3.14. The molecule has 11 nitrogen and oxygen atoms in total. The highest BCUT2D eigenvalue weighted by Gasteiger charge is 2.35. The smallest absolute Gasteiger partial charge is 0.354 e. The van der Waals surface area contributed by atoms with Gasteiger partial charge in [0.05, 0.1) is 0 Å². The molecule has 1 aliphatic heterocycles. The molecular weight excluding hydrogens is 386 g/mol. The van der Waals surface area contributed by atoms with Crippen LogP contribution in [0.25, 0.3) is 0 Å². The van der Waals surface area contributed by atoms with Gasteiger partial charge < -0.3 is 26.5 Å². The minimum Gasteiger partial charge on any atom is -0.480 e. The molecule has 1 aliphatic rings. The Morgan fingerprint density at radius 2 is 2.12 bits per heavy atom. The highest BCUT2D eigenvalue weighted by atomic mass is 32.2. The summed E-state index contributed by atoms with van der Waals surface area (Å²) in [6.07, 6.45) is 0. The van der Waals surface area contributed by atoms with E-state index in [0.717, 1.165) is 23.1 Å². The maximum absolute atomic E-state index is 12.3. The molecule has 0 unspecified atom stereocenters. The monoisotopic (exact) mass is 399 g/mol. The number of carbonyl (C=O) groups excluding carboxylic acids is 1. The van der Waals surface area contributed by atoms with E-state index >= 15 is 0 Å². The van der Waals surface area contributed by atoms with Crippen molar-refractivity contribution >= 4 is 57.5 Å². The first-order valence-electron chi connectivity index (χ1n) is 6.82. The second-order valence-electron chi connectivity index (χ2n) is 4.90. The number of anilines is 1. The number of hydrogen-bond acceptors (Lipinski definition) is 10. The first-order chi connectivity index (χ1) is 12.2. The standard InChI is InChI=1S/C13H13N5O6S2/c1-4-2-25-10(17-6(4)11(20)21)8(12(22)23)16-9(19)7(18-24)5-3-26-13(14)15-5/h3,8,10,24H,1-2H2,(H2,14,15)(H,16,19)(H,20,21)(H,22,23)/b18-7-/t8-,10+/m0/s1. The van der Waals surface area contributed by atoms with Crippen molar-refractivity contribution in [3.05, 3.63) is 23.2 Å². The fraction of sp³-hybridized carbons (Fsp3) is 0.231. The second kappa shape index (κ2) is 7.97. The van der Waals surface area contributed by atoms with Crippen molar-refractivity contribution in [1.29, 1.82) is 0 Å². The van der Waals surface area contributed by atoms with Crippen LogP contribution in [0.4, 0.5) is 5.13 Å². The predicted molar refractivity (Wildman–Crippen MR) is 94.9 cm³/mol. The van der Waals surface area contributed by atoms with Gasteiger partial charge in [-0.05, 0) is 5.57 Å². The number of thiazole rings is 1. The Kier molecular flexibility index (Phi) is 5.94. The summed E-state index contributed by atoms with van der Waals surface area (Å²) in [6, 6.07) is -1.57. The molecule has 26 heavy (non-hydrogen) atoms. The second-order valence-corrected chi connectivity index (χ2v) is 6.89. The lowest BCUT2D eigenvalue weighted by atomic mass is 10.2. The fourth-order valence-electron chi connectivity index (χ4n) is 1.96. The number of nitrogens with two attached hydrogens (primary N) is 1. The van der Waals surface area contributed by atoms with Gasteiger partial charge in [-0.3, -0.25) is 9.79 Å². The van der Waals surface area contributed by atoms with Crippen LogP contribution in [-0.4, -0.2) is 66.8 Å². The van der Waals surface area contributed by atoms with E-state index in [9.17, 15) is 19.5 Å². The Hall–Kier alpha value is -2.93. The molecule has 13 heteroatoms. The van der Waals surface area contributed by atoms with Crippen LogP contribution in [0, 0.1) is 0 Å². The van der Waals surface area contributed by atoms with Gasteiger partial charge in [0.15, 0.2) is 16.9 Å². The van der Waals surface area contributed by atoms with Crippen molar-refractivity contribution in [2.75, 3.05) is 11.5 Å². The van der Waals surface area contributed by atoms with E-state index in [-0.39, 0.29) is 27.9 Å². The third kappa shape index (κ3) is 4.18. The van der Waals surface area contributed by atoms with Crippen molar-refractivity contribution in [3.8, 4) is 0 Å². The number of thioether (sulfide) groups is 1. The number of nitrogens with one attached hydrogen (secondary N) is 1. The average Bonchev–Trinajstić information content (AvgIpc) is 2.99. The molecule has 0 fully saturated rings. The number of aliphatic imine (C=N–C) groups is 1. The summed E-state index contributed by atoms with van der Waals surface area (Å²) in [5.41, 5.74) is 4.78. The lowest BCUT2D eigenvalue weighted by molar-refractivity contribution is -0.141. The molecule has 1 aromatic rings. The summed E-state index contributed by atoms with van der Waals surface area (Å²) in [4.78, 5) is 42.6. The van der Waals surface area contributed by atoms with Gasteiger partial charge >= 0.3 is 11.9 Å². The Morgan fingerprint density at radius 3 is 2.62 bits per heavy atom. The summed E-state index contributed by atoms with van der Waals surface area (Å²) < 4.78 is 0. The van der Waals surface area contributed by atoms with Gasteiger partial charge in [-0.2, -0.15) is 0 Å². The Labute approximate surface area is 154 Å². The Balaban J connectivity index is 2.25. The minimum absolute atomic E-state index is 0.0314. The molecule has 2 rings (SSSR count). The molecule has 0 aliphatic carbocycles. The molecule has 1 aromatic heterocycles. The summed E-state index contributed by atoms with van der Waals surface area (Å²) >= 11 is 2.01. The zero-order valence-corrected chi connectivity index (χ0v) is 14.6. The lowest BCUT2D eigenvalue weighted by Crippen LogP contribution is -2.50. The lowest BCUT2D eigenvalue weighted by Gasteiger charge is -2.25. The Morgan fingerprint density at radius 1 is 1.42 bits per heavy atom. The van der Waals surface area contributed by atoms with Crippen LogP contribution in [0.5, 0.6) is 0 Å². The topological polar surface area (TPSA) is 188 Å². The van der Waals surface area contributed by atoms with Gasteiger partial charge in [0, 0.05) is 11.1 Å². The highest BCUT2D eigenvalue weighted by molar-refractivity contribution is 8.00. The summed E-state index contributed by atoms with van der Waals surface area (Å²) in [5.74, 6) is -3.67. The summed E-state index contributed by atoms with van der Waals surface area (Å²) in [7, 11) is 0. The minimum atomic E-state index is -1.57. The van der Waals surface area contributed by atoms with E-state index in [1.807, 2.05) is 0 Å². The SMILES string of the molecule is C=C1CS[C@H]([C@H](NC(=O)/C(=N\O)c2csc(N)n2)C(=O)O)N=C1C(=O)O. The van der Waals surface area contributed by atoms with Crippen molar-refractivity contribution in [2.24, 2.45) is 10.1 Å². The molecule has 138 valence electrons. The zero-order chi connectivity index (χ0) is 19.4. The zero-order valence-electron chi connectivity index (χ0n) is 12.9. The normalized spacial score (nSPS) is 18.8. The maximum Gasteiger partial charge on any atom is 0.354 e. The van der Waals surface area contributed by atoms with Crippen LogP contribution in [0.1, 0.15) is 5.69 Å². The largest absolute Gasteiger partial charge is 0.480 e. The van der Waals surface area contributed by atoms with E-state index in [4.69, 9.17) is 16.0 Å². The molecule has 2 atom stereocenters. The molecule has 0 saturated carbocycles. The Bertz CT molecular complexity index is 833. The molecule has 0 radical (unpaired) electrons. The van der Waals surface area contributed by atoms with Gasteiger partial charge in [0.25, 0.3) is 5.91 Å². The summed E-state index contributed by atoms with van der Waals surface area (Å²) in [6.45, 7) is 3.56. The number of carbonyl (C=O) groups is 3. The van der Waals surface area contributed by atoms with E-state index in [1.165, 1.54) is 5.38 Å². The number of amides is 1. The average molecular weight is 399 g/mol. The molecular formula is C13H13N5O6S2. The number of carboxylic acids is 2. The van der Waals surface area contributed by atoms with Gasteiger partial charge in [-0.1, -0.05) is 11.7 Å². The number of aromatic nitrogens is 1. The number of nitrogen functional groups attached to an aromatic ring is 1. The van der Waals surface area contributed by atoms with Crippen LogP contribution < -0.4 is 11.1 Å². The first kappa shape index (κ1) is 19.4. The number of hydrogen-bond donors (Lipinski definition) is 5.